The fourth-order valence-corrected chi connectivity index (χ4v) is 3.15. The van der Waals surface area contributed by atoms with Gasteiger partial charge in [0.1, 0.15) is 23.0 Å². The molecule has 5 nitrogen and oxygen atoms in total. The largest absolute Gasteiger partial charge is 0.496 e. The summed E-state index contributed by atoms with van der Waals surface area (Å²) >= 11 is 0. The molecular weight excluding hydrogens is 392 g/mol. The van der Waals surface area contributed by atoms with Crippen molar-refractivity contribution in [3.63, 3.8) is 0 Å². The van der Waals surface area contributed by atoms with Crippen molar-refractivity contribution in [1.82, 2.24) is 0 Å². The Balaban J connectivity index is 2.27. The molecule has 0 atom stereocenters. The zero-order chi connectivity index (χ0) is 22.6. The third-order valence-corrected chi connectivity index (χ3v) is 4.97. The first-order valence-corrected chi connectivity index (χ1v) is 10.9. The van der Waals surface area contributed by atoms with Gasteiger partial charge < -0.3 is 18.9 Å². The number of benzene rings is 2. The second-order valence-electron chi connectivity index (χ2n) is 7.27. The van der Waals surface area contributed by atoms with Crippen molar-refractivity contribution in [2.45, 2.75) is 46.5 Å². The minimum absolute atomic E-state index is 0.137. The Morgan fingerprint density at radius 3 is 2.26 bits per heavy atom. The van der Waals surface area contributed by atoms with Gasteiger partial charge in [0.15, 0.2) is 5.78 Å². The molecule has 2 aromatic rings. The molecule has 5 heteroatoms. The SMILES string of the molecule is CCCCOc1ccc(C(=O)/C=C/c2ccc(OC)c(C)c2OC)c(OCCCC)c1. The number of ketones is 1. The molecule has 0 saturated heterocycles. The standard InChI is InChI=1S/C26H34O5/c1-6-8-16-30-21-12-13-22(25(18-21)31-17-9-7-2)23(27)14-10-20-11-15-24(28-4)19(3)26(20)29-5/h10-15,18H,6-9,16-17H2,1-5H3/b14-10+. The topological polar surface area (TPSA) is 54.0 Å². The molecule has 31 heavy (non-hydrogen) atoms. The van der Waals surface area contributed by atoms with E-state index < -0.39 is 0 Å². The van der Waals surface area contributed by atoms with E-state index in [0.29, 0.717) is 36.0 Å². The van der Waals surface area contributed by atoms with Gasteiger partial charge in [0.25, 0.3) is 0 Å². The van der Waals surface area contributed by atoms with Crippen molar-refractivity contribution >= 4 is 11.9 Å². The number of hydrogen-bond donors (Lipinski definition) is 0. The minimum atomic E-state index is -0.137. The van der Waals surface area contributed by atoms with Crippen LogP contribution in [0.25, 0.3) is 6.08 Å². The molecule has 0 fully saturated rings. The first-order chi connectivity index (χ1) is 15.0. The molecule has 0 aromatic heterocycles. The third kappa shape index (κ3) is 6.78. The van der Waals surface area contributed by atoms with E-state index >= 15 is 0 Å². The maximum Gasteiger partial charge on any atom is 0.189 e. The van der Waals surface area contributed by atoms with E-state index in [1.165, 1.54) is 0 Å². The summed E-state index contributed by atoms with van der Waals surface area (Å²) < 4.78 is 22.6. The summed E-state index contributed by atoms with van der Waals surface area (Å²) in [7, 11) is 3.23. The highest BCUT2D eigenvalue weighted by atomic mass is 16.5. The number of ether oxygens (including phenoxy) is 4. The summed E-state index contributed by atoms with van der Waals surface area (Å²) in [6.07, 6.45) is 7.30. The molecule has 0 radical (unpaired) electrons. The highest BCUT2D eigenvalue weighted by Crippen LogP contribution is 2.32. The number of rotatable bonds is 13. The highest BCUT2D eigenvalue weighted by Gasteiger charge is 2.14. The monoisotopic (exact) mass is 426 g/mol. The van der Waals surface area contributed by atoms with E-state index in [1.54, 1.807) is 32.4 Å². The molecule has 0 aliphatic rings. The van der Waals surface area contributed by atoms with E-state index in [-0.39, 0.29) is 5.78 Å². The third-order valence-electron chi connectivity index (χ3n) is 4.97. The molecule has 0 amide bonds. The molecule has 0 N–H and O–H groups in total. The summed E-state index contributed by atoms with van der Waals surface area (Å²) in [5, 5.41) is 0. The van der Waals surface area contributed by atoms with Gasteiger partial charge in [-0.05, 0) is 56.2 Å². The first-order valence-electron chi connectivity index (χ1n) is 10.9. The number of allylic oxidation sites excluding steroid dienone is 1. The van der Waals surface area contributed by atoms with E-state index in [1.807, 2.05) is 31.2 Å². The number of unbranched alkanes of at least 4 members (excludes halogenated alkanes) is 2. The molecule has 0 bridgehead atoms. The lowest BCUT2D eigenvalue weighted by atomic mass is 10.0. The molecule has 0 heterocycles. The van der Waals surface area contributed by atoms with Gasteiger partial charge in [0, 0.05) is 17.2 Å². The smallest absolute Gasteiger partial charge is 0.189 e. The van der Waals surface area contributed by atoms with Crippen molar-refractivity contribution in [2.75, 3.05) is 27.4 Å². The summed E-state index contributed by atoms with van der Waals surface area (Å²) in [5.41, 5.74) is 2.21. The van der Waals surface area contributed by atoms with E-state index in [9.17, 15) is 4.79 Å². The van der Waals surface area contributed by atoms with Crippen LogP contribution in [0.3, 0.4) is 0 Å². The quantitative estimate of drug-likeness (QED) is 0.215. The van der Waals surface area contributed by atoms with Crippen LogP contribution in [0.5, 0.6) is 23.0 Å². The van der Waals surface area contributed by atoms with E-state index in [0.717, 1.165) is 42.6 Å². The normalized spacial score (nSPS) is 10.9. The molecule has 0 aliphatic heterocycles. The van der Waals surface area contributed by atoms with Crippen LogP contribution in [0.4, 0.5) is 0 Å². The molecule has 168 valence electrons. The molecule has 0 spiro atoms. The maximum absolute atomic E-state index is 13.0. The molecule has 2 rings (SSSR count). The van der Waals surface area contributed by atoms with Gasteiger partial charge >= 0.3 is 0 Å². The predicted molar refractivity (Wildman–Crippen MR) is 125 cm³/mol. The molecule has 0 unspecified atom stereocenters. The van der Waals surface area contributed by atoms with Gasteiger partial charge in [-0.15, -0.1) is 0 Å². The van der Waals surface area contributed by atoms with Crippen LogP contribution in [0.2, 0.25) is 0 Å². The lowest BCUT2D eigenvalue weighted by molar-refractivity contribution is 0.104. The number of carbonyl (C=O) groups excluding carboxylic acids is 1. The highest BCUT2D eigenvalue weighted by molar-refractivity contribution is 6.08. The lowest BCUT2D eigenvalue weighted by Gasteiger charge is -2.13. The predicted octanol–water partition coefficient (Wildman–Crippen LogP) is 6.27. The average molecular weight is 427 g/mol. The Morgan fingerprint density at radius 2 is 1.61 bits per heavy atom. The van der Waals surface area contributed by atoms with Crippen molar-refractivity contribution in [3.05, 3.63) is 53.1 Å². The van der Waals surface area contributed by atoms with Crippen molar-refractivity contribution < 1.29 is 23.7 Å². The lowest BCUT2D eigenvalue weighted by Crippen LogP contribution is -2.05. The molecule has 2 aromatic carbocycles. The second-order valence-corrected chi connectivity index (χ2v) is 7.27. The molecule has 0 aliphatic carbocycles. The van der Waals surface area contributed by atoms with Gasteiger partial charge in [-0.3, -0.25) is 4.79 Å². The fourth-order valence-electron chi connectivity index (χ4n) is 3.15. The van der Waals surface area contributed by atoms with Gasteiger partial charge in [-0.2, -0.15) is 0 Å². The number of methoxy groups -OCH3 is 2. The Morgan fingerprint density at radius 1 is 0.903 bits per heavy atom. The van der Waals surface area contributed by atoms with Crippen LogP contribution in [0, 0.1) is 6.92 Å². The van der Waals surface area contributed by atoms with Crippen LogP contribution in [0.1, 0.15) is 61.0 Å². The van der Waals surface area contributed by atoms with Crippen LogP contribution in [0.15, 0.2) is 36.4 Å². The van der Waals surface area contributed by atoms with Gasteiger partial charge in [0.2, 0.25) is 0 Å². The van der Waals surface area contributed by atoms with Gasteiger partial charge in [-0.25, -0.2) is 0 Å². The van der Waals surface area contributed by atoms with Crippen LogP contribution >= 0.6 is 0 Å². The van der Waals surface area contributed by atoms with Crippen molar-refractivity contribution in [1.29, 1.82) is 0 Å². The molecular formula is C26H34O5. The van der Waals surface area contributed by atoms with Crippen LogP contribution in [-0.4, -0.2) is 33.2 Å². The Labute approximate surface area is 186 Å². The summed E-state index contributed by atoms with van der Waals surface area (Å²) in [5.74, 6) is 2.55. The number of hydrogen-bond acceptors (Lipinski definition) is 5. The average Bonchev–Trinajstić information content (AvgIpc) is 2.78. The van der Waals surface area contributed by atoms with Crippen LogP contribution < -0.4 is 18.9 Å². The molecule has 0 saturated carbocycles. The summed E-state index contributed by atoms with van der Waals surface area (Å²) in [6.45, 7) is 7.36. The Hall–Kier alpha value is -2.95. The van der Waals surface area contributed by atoms with Gasteiger partial charge in [-0.1, -0.05) is 26.7 Å². The maximum atomic E-state index is 13.0. The zero-order valence-corrected chi connectivity index (χ0v) is 19.3. The fraction of sp³-hybridized carbons (Fsp3) is 0.423. The first kappa shape index (κ1) is 24.3. The second kappa shape index (κ2) is 12.7. The van der Waals surface area contributed by atoms with Gasteiger partial charge in [0.05, 0.1) is 33.0 Å². The number of carbonyl (C=O) groups is 1. The van der Waals surface area contributed by atoms with E-state index in [4.69, 9.17) is 18.9 Å². The van der Waals surface area contributed by atoms with Crippen LogP contribution in [-0.2, 0) is 0 Å². The zero-order valence-electron chi connectivity index (χ0n) is 19.3. The van der Waals surface area contributed by atoms with E-state index in [2.05, 4.69) is 13.8 Å². The summed E-state index contributed by atoms with van der Waals surface area (Å²) in [6, 6.07) is 9.14. The summed E-state index contributed by atoms with van der Waals surface area (Å²) in [4.78, 5) is 13.0. The Bertz CT molecular complexity index is 886. The van der Waals surface area contributed by atoms with Crippen molar-refractivity contribution in [3.8, 4) is 23.0 Å². The Kier molecular flexibility index (Phi) is 9.95. The minimum Gasteiger partial charge on any atom is -0.496 e. The van der Waals surface area contributed by atoms with Crippen molar-refractivity contribution in [2.24, 2.45) is 0 Å².